The van der Waals surface area contributed by atoms with Crippen molar-refractivity contribution < 1.29 is 4.79 Å². The molecule has 1 amide bonds. The third-order valence-corrected chi connectivity index (χ3v) is 5.79. The van der Waals surface area contributed by atoms with E-state index in [0.29, 0.717) is 12.1 Å². The molecule has 2 saturated heterocycles. The lowest BCUT2D eigenvalue weighted by atomic mass is 10.0. The number of hydrogen-bond acceptors (Lipinski definition) is 3. The van der Waals surface area contributed by atoms with Gasteiger partial charge in [0, 0.05) is 32.6 Å². The van der Waals surface area contributed by atoms with Gasteiger partial charge in [0.2, 0.25) is 5.91 Å². The Morgan fingerprint density at radius 2 is 1.92 bits per heavy atom. The van der Waals surface area contributed by atoms with Crippen molar-refractivity contribution in [3.63, 3.8) is 0 Å². The lowest BCUT2D eigenvalue weighted by molar-refractivity contribution is -0.130. The van der Waals surface area contributed by atoms with Gasteiger partial charge in [-0.3, -0.25) is 9.69 Å². The van der Waals surface area contributed by atoms with Gasteiger partial charge in [-0.1, -0.05) is 12.1 Å². The van der Waals surface area contributed by atoms with E-state index in [4.69, 9.17) is 4.98 Å². The number of para-hydroxylation sites is 2. The fourth-order valence-corrected chi connectivity index (χ4v) is 4.59. The molecule has 24 heavy (non-hydrogen) atoms. The molecule has 5 heteroatoms. The van der Waals surface area contributed by atoms with Crippen LogP contribution in [-0.2, 0) is 18.4 Å². The molecule has 3 heterocycles. The summed E-state index contributed by atoms with van der Waals surface area (Å²) in [5.74, 6) is 1.35. The number of fused-ring (bicyclic) bond motifs is 1. The number of carbonyl (C=O) groups is 1. The van der Waals surface area contributed by atoms with Crippen molar-refractivity contribution in [2.45, 2.75) is 51.2 Å². The van der Waals surface area contributed by atoms with E-state index in [0.717, 1.165) is 43.8 Å². The van der Waals surface area contributed by atoms with Crippen LogP contribution in [0.1, 0.15) is 38.4 Å². The Hall–Kier alpha value is -1.88. The Morgan fingerprint density at radius 3 is 2.71 bits per heavy atom. The Balaban J connectivity index is 1.56. The fourth-order valence-electron chi connectivity index (χ4n) is 4.59. The lowest BCUT2D eigenvalue weighted by Crippen LogP contribution is -2.47. The maximum absolute atomic E-state index is 11.9. The first-order valence-electron chi connectivity index (χ1n) is 9.07. The molecule has 0 unspecified atom stereocenters. The Morgan fingerprint density at radius 1 is 1.17 bits per heavy atom. The topological polar surface area (TPSA) is 41.4 Å². The number of carbonyl (C=O) groups excluding carboxylic acids is 1. The van der Waals surface area contributed by atoms with Gasteiger partial charge in [-0.15, -0.1) is 0 Å². The highest BCUT2D eigenvalue weighted by molar-refractivity contribution is 5.75. The van der Waals surface area contributed by atoms with Crippen LogP contribution in [0, 0.1) is 0 Å². The van der Waals surface area contributed by atoms with Crippen molar-refractivity contribution in [2.24, 2.45) is 7.05 Å². The monoisotopic (exact) mass is 326 g/mol. The Kier molecular flexibility index (Phi) is 4.04. The maximum atomic E-state index is 11.9. The molecular weight excluding hydrogens is 300 g/mol. The van der Waals surface area contributed by atoms with Crippen LogP contribution in [0.3, 0.4) is 0 Å². The van der Waals surface area contributed by atoms with Crippen LogP contribution in [0.5, 0.6) is 0 Å². The second-order valence-electron chi connectivity index (χ2n) is 7.18. The molecule has 0 aliphatic carbocycles. The highest BCUT2D eigenvalue weighted by Crippen LogP contribution is 2.31. The van der Waals surface area contributed by atoms with Crippen molar-refractivity contribution in [1.82, 2.24) is 19.4 Å². The van der Waals surface area contributed by atoms with Gasteiger partial charge in [0.1, 0.15) is 5.82 Å². The Bertz CT molecular complexity index is 753. The summed E-state index contributed by atoms with van der Waals surface area (Å²) in [5.41, 5.74) is 2.26. The lowest BCUT2D eigenvalue weighted by Gasteiger charge is -2.34. The molecule has 2 aromatic rings. The summed E-state index contributed by atoms with van der Waals surface area (Å²) in [6, 6.07) is 9.18. The number of likely N-dealkylation sites (tertiary alicyclic amines) is 2. The quantitative estimate of drug-likeness (QED) is 0.870. The average molecular weight is 326 g/mol. The summed E-state index contributed by atoms with van der Waals surface area (Å²) in [7, 11) is 2.10. The predicted octanol–water partition coefficient (Wildman–Crippen LogP) is 2.55. The molecule has 2 atom stereocenters. The van der Waals surface area contributed by atoms with Crippen LogP contribution < -0.4 is 0 Å². The predicted molar refractivity (Wildman–Crippen MR) is 94.6 cm³/mol. The maximum Gasteiger partial charge on any atom is 0.219 e. The van der Waals surface area contributed by atoms with Crippen molar-refractivity contribution in [3.05, 3.63) is 30.1 Å². The first kappa shape index (κ1) is 15.6. The first-order valence-corrected chi connectivity index (χ1v) is 9.07. The van der Waals surface area contributed by atoms with Gasteiger partial charge in [-0.2, -0.15) is 0 Å². The number of nitrogens with zero attached hydrogens (tertiary/aromatic N) is 4. The van der Waals surface area contributed by atoms with Crippen molar-refractivity contribution >= 4 is 16.9 Å². The van der Waals surface area contributed by atoms with Crippen molar-refractivity contribution in [1.29, 1.82) is 0 Å². The Labute approximate surface area is 143 Å². The van der Waals surface area contributed by atoms with Crippen LogP contribution >= 0.6 is 0 Å². The molecule has 5 nitrogen and oxygen atoms in total. The van der Waals surface area contributed by atoms with Gasteiger partial charge < -0.3 is 9.47 Å². The van der Waals surface area contributed by atoms with Gasteiger partial charge in [-0.05, 0) is 44.4 Å². The highest BCUT2D eigenvalue weighted by Gasteiger charge is 2.39. The van der Waals surface area contributed by atoms with Crippen molar-refractivity contribution in [3.8, 4) is 0 Å². The summed E-state index contributed by atoms with van der Waals surface area (Å²) >= 11 is 0. The molecule has 0 saturated carbocycles. The molecule has 0 bridgehead atoms. The summed E-state index contributed by atoms with van der Waals surface area (Å²) in [6.07, 6.45) is 4.69. The van der Waals surface area contributed by atoms with Crippen LogP contribution in [0.15, 0.2) is 24.3 Å². The minimum Gasteiger partial charge on any atom is -0.338 e. The number of aromatic nitrogens is 2. The molecule has 4 rings (SSSR count). The highest BCUT2D eigenvalue weighted by atomic mass is 16.2. The van der Waals surface area contributed by atoms with Crippen LogP contribution in [0.25, 0.3) is 11.0 Å². The SMILES string of the molecule is CC(=O)N1CCC[C@H]1[C@@H]1CCCN1Cc1nc2ccccc2n1C. The summed E-state index contributed by atoms with van der Waals surface area (Å²) in [6.45, 7) is 4.62. The third kappa shape index (κ3) is 2.61. The number of imidazole rings is 1. The summed E-state index contributed by atoms with van der Waals surface area (Å²) in [4.78, 5) is 21.4. The molecule has 2 aliphatic rings. The molecule has 2 fully saturated rings. The minimum atomic E-state index is 0.229. The van der Waals surface area contributed by atoms with Crippen LogP contribution in [0.4, 0.5) is 0 Å². The molecular formula is C19H26N4O. The summed E-state index contributed by atoms with van der Waals surface area (Å²) < 4.78 is 2.21. The molecule has 1 aromatic heterocycles. The number of amides is 1. The van der Waals surface area contributed by atoms with E-state index in [9.17, 15) is 4.79 Å². The van der Waals surface area contributed by atoms with Crippen LogP contribution in [-0.4, -0.2) is 50.4 Å². The van der Waals surface area contributed by atoms with E-state index in [1.54, 1.807) is 6.92 Å². The second-order valence-corrected chi connectivity index (χ2v) is 7.18. The largest absolute Gasteiger partial charge is 0.338 e. The molecule has 1 aromatic carbocycles. The number of aryl methyl sites for hydroxylation is 1. The van der Waals surface area contributed by atoms with E-state index in [1.165, 1.54) is 18.4 Å². The number of rotatable bonds is 3. The standard InChI is InChI=1S/C19H26N4O/c1-14(24)23-12-6-10-18(23)17-9-5-11-22(17)13-19-20-15-7-3-4-8-16(15)21(19)2/h3-4,7-8,17-18H,5-6,9-13H2,1-2H3/t17-,18-/m0/s1. The molecule has 128 valence electrons. The molecule has 2 aliphatic heterocycles. The molecule has 0 N–H and O–H groups in total. The normalized spacial score (nSPS) is 25.0. The van der Waals surface area contributed by atoms with Gasteiger partial charge in [0.05, 0.1) is 17.6 Å². The average Bonchev–Trinajstić information content (AvgIpc) is 3.27. The zero-order valence-electron chi connectivity index (χ0n) is 14.6. The fraction of sp³-hybridized carbons (Fsp3) is 0.579. The first-order chi connectivity index (χ1) is 11.6. The summed E-state index contributed by atoms with van der Waals surface area (Å²) in [5, 5.41) is 0. The smallest absolute Gasteiger partial charge is 0.219 e. The molecule has 0 spiro atoms. The van der Waals surface area contributed by atoms with E-state index in [2.05, 4.69) is 39.6 Å². The van der Waals surface area contributed by atoms with Gasteiger partial charge >= 0.3 is 0 Å². The molecule has 0 radical (unpaired) electrons. The van der Waals surface area contributed by atoms with Gasteiger partial charge in [0.25, 0.3) is 0 Å². The number of hydrogen-bond donors (Lipinski definition) is 0. The van der Waals surface area contributed by atoms with E-state index in [-0.39, 0.29) is 5.91 Å². The van der Waals surface area contributed by atoms with E-state index in [1.807, 2.05) is 6.07 Å². The second kappa shape index (κ2) is 6.20. The van der Waals surface area contributed by atoms with Crippen molar-refractivity contribution in [2.75, 3.05) is 13.1 Å². The van der Waals surface area contributed by atoms with E-state index >= 15 is 0 Å². The zero-order chi connectivity index (χ0) is 16.7. The minimum absolute atomic E-state index is 0.229. The van der Waals surface area contributed by atoms with E-state index < -0.39 is 0 Å². The van der Waals surface area contributed by atoms with Gasteiger partial charge in [0.15, 0.2) is 0 Å². The number of benzene rings is 1. The van der Waals surface area contributed by atoms with Gasteiger partial charge in [-0.25, -0.2) is 4.98 Å². The zero-order valence-corrected chi connectivity index (χ0v) is 14.6. The third-order valence-electron chi connectivity index (χ3n) is 5.79. The van der Waals surface area contributed by atoms with Crippen LogP contribution in [0.2, 0.25) is 0 Å².